The van der Waals surface area contributed by atoms with Gasteiger partial charge in [0.1, 0.15) is 4.88 Å². The molecule has 1 saturated carbocycles. The largest absolute Gasteiger partial charge is 0.465 e. The molecule has 0 spiro atoms. The second-order valence-corrected chi connectivity index (χ2v) is 9.56. The highest BCUT2D eigenvalue weighted by molar-refractivity contribution is 14.1. The zero-order valence-corrected chi connectivity index (χ0v) is 16.8. The zero-order chi connectivity index (χ0) is 16.4. The van der Waals surface area contributed by atoms with E-state index < -0.39 is 0 Å². The van der Waals surface area contributed by atoms with Gasteiger partial charge in [-0.1, -0.05) is 19.3 Å². The van der Waals surface area contributed by atoms with Crippen LogP contribution < -0.4 is 0 Å². The van der Waals surface area contributed by atoms with Gasteiger partial charge in [-0.3, -0.25) is 0 Å². The molecule has 1 aromatic heterocycles. The Labute approximate surface area is 156 Å². The molecule has 0 atom stereocenters. The number of hydrogen-bond donors (Lipinski definition) is 0. The van der Waals surface area contributed by atoms with E-state index in [1.807, 2.05) is 0 Å². The van der Waals surface area contributed by atoms with Gasteiger partial charge in [0.05, 0.1) is 9.99 Å². The molecule has 2 heterocycles. The van der Waals surface area contributed by atoms with E-state index in [-0.39, 0.29) is 5.97 Å². The number of nitrogens with zero attached hydrogens (tertiary/aromatic N) is 1. The molecule has 1 fully saturated rings. The van der Waals surface area contributed by atoms with Gasteiger partial charge in [-0.2, -0.15) is 0 Å². The Balaban J connectivity index is 2.04. The van der Waals surface area contributed by atoms with Crippen molar-refractivity contribution >= 4 is 45.5 Å². The SMILES string of the molecule is COC(=O)c1sc(I)cc1C1=C(C2CCCCC2)CN(C)CC1. The maximum absolute atomic E-state index is 12.2. The molecular formula is C18H24INO2S. The van der Waals surface area contributed by atoms with E-state index in [1.165, 1.54) is 44.8 Å². The first-order valence-electron chi connectivity index (χ1n) is 8.38. The lowest BCUT2D eigenvalue weighted by Crippen LogP contribution is -2.31. The van der Waals surface area contributed by atoms with Crippen LogP contribution in [0.15, 0.2) is 11.6 Å². The van der Waals surface area contributed by atoms with Gasteiger partial charge in [0, 0.05) is 18.7 Å². The minimum absolute atomic E-state index is 0.192. The first-order chi connectivity index (χ1) is 11.1. The molecule has 1 aromatic rings. The van der Waals surface area contributed by atoms with Gasteiger partial charge in [-0.25, -0.2) is 4.79 Å². The molecule has 23 heavy (non-hydrogen) atoms. The molecule has 0 bridgehead atoms. The molecule has 0 radical (unpaired) electrons. The Morgan fingerprint density at radius 2 is 2.09 bits per heavy atom. The third-order valence-electron chi connectivity index (χ3n) is 5.07. The van der Waals surface area contributed by atoms with Gasteiger partial charge in [0.15, 0.2) is 0 Å². The molecule has 5 heteroatoms. The van der Waals surface area contributed by atoms with E-state index in [9.17, 15) is 4.79 Å². The summed E-state index contributed by atoms with van der Waals surface area (Å²) in [6.45, 7) is 2.12. The third kappa shape index (κ3) is 3.82. The number of carbonyl (C=O) groups is 1. The fourth-order valence-corrected chi connectivity index (χ4v) is 5.69. The first kappa shape index (κ1) is 17.4. The molecule has 0 aromatic carbocycles. The lowest BCUT2D eigenvalue weighted by atomic mass is 9.78. The van der Waals surface area contributed by atoms with Gasteiger partial charge < -0.3 is 9.64 Å². The Morgan fingerprint density at radius 1 is 1.35 bits per heavy atom. The number of carbonyl (C=O) groups excluding carboxylic acids is 1. The van der Waals surface area contributed by atoms with Gasteiger partial charge in [0.2, 0.25) is 0 Å². The van der Waals surface area contributed by atoms with Crippen molar-refractivity contribution in [3.05, 3.63) is 25.0 Å². The van der Waals surface area contributed by atoms with Crippen LogP contribution in [-0.2, 0) is 4.74 Å². The van der Waals surface area contributed by atoms with Crippen molar-refractivity contribution in [2.45, 2.75) is 38.5 Å². The molecule has 0 N–H and O–H groups in total. The number of halogens is 1. The maximum atomic E-state index is 12.2. The number of rotatable bonds is 3. The van der Waals surface area contributed by atoms with E-state index in [2.05, 4.69) is 40.6 Å². The second kappa shape index (κ2) is 7.66. The third-order valence-corrected chi connectivity index (χ3v) is 6.94. The average Bonchev–Trinajstić information content (AvgIpc) is 2.96. The van der Waals surface area contributed by atoms with Crippen molar-refractivity contribution in [1.29, 1.82) is 0 Å². The highest BCUT2D eigenvalue weighted by Crippen LogP contribution is 2.41. The van der Waals surface area contributed by atoms with Crippen molar-refractivity contribution in [1.82, 2.24) is 4.90 Å². The smallest absolute Gasteiger partial charge is 0.348 e. The van der Waals surface area contributed by atoms with E-state index >= 15 is 0 Å². The Bertz CT molecular complexity index is 617. The molecule has 2 aliphatic rings. The van der Waals surface area contributed by atoms with E-state index in [4.69, 9.17) is 4.74 Å². The van der Waals surface area contributed by atoms with Gasteiger partial charge in [-0.05, 0) is 72.0 Å². The van der Waals surface area contributed by atoms with Crippen LogP contribution in [0.2, 0.25) is 0 Å². The van der Waals surface area contributed by atoms with Crippen LogP contribution in [0.5, 0.6) is 0 Å². The quantitative estimate of drug-likeness (QED) is 0.494. The topological polar surface area (TPSA) is 29.5 Å². The summed E-state index contributed by atoms with van der Waals surface area (Å²) in [6.07, 6.45) is 7.72. The van der Waals surface area contributed by atoms with Gasteiger partial charge >= 0.3 is 5.97 Å². The van der Waals surface area contributed by atoms with Crippen LogP contribution in [0.25, 0.3) is 5.57 Å². The van der Waals surface area contributed by atoms with Gasteiger partial charge in [-0.15, -0.1) is 11.3 Å². The fourth-order valence-electron chi connectivity index (χ4n) is 3.89. The standard InChI is InChI=1S/C18H24INO2S/c1-20-9-8-13(15(11-20)12-6-4-3-5-7-12)14-10-16(19)23-17(14)18(21)22-2/h10,12H,3-9,11H2,1-2H3. The number of methoxy groups -OCH3 is 1. The predicted molar refractivity (Wildman–Crippen MR) is 104 cm³/mol. The van der Waals surface area contributed by atoms with Crippen molar-refractivity contribution in [2.24, 2.45) is 5.92 Å². The van der Waals surface area contributed by atoms with Gasteiger partial charge in [0.25, 0.3) is 0 Å². The summed E-state index contributed by atoms with van der Waals surface area (Å²) in [5.74, 6) is 0.506. The van der Waals surface area contributed by atoms with E-state index in [0.29, 0.717) is 5.92 Å². The molecule has 3 nitrogen and oxygen atoms in total. The average molecular weight is 445 g/mol. The van der Waals surface area contributed by atoms with Crippen molar-refractivity contribution in [3.8, 4) is 0 Å². The molecule has 0 unspecified atom stereocenters. The van der Waals surface area contributed by atoms with Crippen molar-refractivity contribution < 1.29 is 9.53 Å². The lowest BCUT2D eigenvalue weighted by molar-refractivity contribution is 0.0606. The lowest BCUT2D eigenvalue weighted by Gasteiger charge is -2.34. The summed E-state index contributed by atoms with van der Waals surface area (Å²) in [6, 6.07) is 2.18. The van der Waals surface area contributed by atoms with Crippen LogP contribution in [0.1, 0.15) is 53.8 Å². The van der Waals surface area contributed by atoms with E-state index in [0.717, 1.165) is 32.8 Å². The number of esters is 1. The van der Waals surface area contributed by atoms with E-state index in [1.54, 1.807) is 16.9 Å². The monoisotopic (exact) mass is 445 g/mol. The molecule has 3 rings (SSSR count). The highest BCUT2D eigenvalue weighted by Gasteiger charge is 2.29. The zero-order valence-electron chi connectivity index (χ0n) is 13.9. The summed E-state index contributed by atoms with van der Waals surface area (Å²) in [7, 11) is 3.68. The normalized spacial score (nSPS) is 20.8. The van der Waals surface area contributed by atoms with Crippen molar-refractivity contribution in [3.63, 3.8) is 0 Å². The Morgan fingerprint density at radius 3 is 2.78 bits per heavy atom. The minimum atomic E-state index is -0.192. The molecule has 0 amide bonds. The molecular weight excluding hydrogens is 421 g/mol. The molecule has 0 saturated heterocycles. The summed E-state index contributed by atoms with van der Waals surface area (Å²) in [5, 5.41) is 0. The summed E-state index contributed by atoms with van der Waals surface area (Å²) < 4.78 is 6.18. The number of hydrogen-bond acceptors (Lipinski definition) is 4. The summed E-state index contributed by atoms with van der Waals surface area (Å²) in [5.41, 5.74) is 4.15. The first-order valence-corrected chi connectivity index (χ1v) is 10.3. The fraction of sp³-hybridized carbons (Fsp3) is 0.611. The number of likely N-dealkylation sites (N-methyl/N-ethyl adjacent to an activating group) is 1. The molecule has 126 valence electrons. The van der Waals surface area contributed by atoms with Crippen LogP contribution in [0, 0.1) is 8.80 Å². The van der Waals surface area contributed by atoms with Crippen LogP contribution in [-0.4, -0.2) is 38.1 Å². The van der Waals surface area contributed by atoms with Crippen molar-refractivity contribution in [2.75, 3.05) is 27.2 Å². The maximum Gasteiger partial charge on any atom is 0.348 e. The van der Waals surface area contributed by atoms with Crippen LogP contribution in [0.3, 0.4) is 0 Å². The number of ether oxygens (including phenoxy) is 1. The summed E-state index contributed by atoms with van der Waals surface area (Å²) in [4.78, 5) is 15.4. The predicted octanol–water partition coefficient (Wildman–Crippen LogP) is 4.81. The number of thiophene rings is 1. The second-order valence-electron chi connectivity index (χ2n) is 6.61. The summed E-state index contributed by atoms with van der Waals surface area (Å²) >= 11 is 3.87. The molecule has 1 aliphatic carbocycles. The Kier molecular flexibility index (Phi) is 5.80. The highest BCUT2D eigenvalue weighted by atomic mass is 127. The minimum Gasteiger partial charge on any atom is -0.465 e. The van der Waals surface area contributed by atoms with Crippen LogP contribution >= 0.6 is 33.9 Å². The Hall–Kier alpha value is -0.400. The van der Waals surface area contributed by atoms with Crippen LogP contribution in [0.4, 0.5) is 0 Å². The molecule has 1 aliphatic heterocycles.